The monoisotopic (exact) mass is 438 g/mol. The number of anilines is 2. The number of carbonyl (C=O) groups is 3. The predicted molar refractivity (Wildman–Crippen MR) is 122 cm³/mol. The van der Waals surface area contributed by atoms with Crippen molar-refractivity contribution < 1.29 is 19.5 Å². The Morgan fingerprint density at radius 1 is 1.03 bits per heavy atom. The highest BCUT2D eigenvalue weighted by atomic mass is 32.1. The zero-order valence-corrected chi connectivity index (χ0v) is 18.2. The number of carboxylic acid groups (broad SMARTS) is 1. The molecular formula is C24H26N2O4S. The van der Waals surface area contributed by atoms with Gasteiger partial charge in [-0.1, -0.05) is 37.3 Å². The lowest BCUT2D eigenvalue weighted by Crippen LogP contribution is -2.35. The van der Waals surface area contributed by atoms with Gasteiger partial charge in [0.1, 0.15) is 5.00 Å². The highest BCUT2D eigenvalue weighted by molar-refractivity contribution is 7.17. The fraction of sp³-hybridized carbons (Fsp3) is 0.375. The number of carboxylic acids is 1. The van der Waals surface area contributed by atoms with Crippen molar-refractivity contribution in [3.8, 4) is 0 Å². The first-order chi connectivity index (χ1) is 14.9. The number of hydrogen-bond acceptors (Lipinski definition) is 4. The van der Waals surface area contributed by atoms with Gasteiger partial charge in [0.25, 0.3) is 5.91 Å². The fourth-order valence-electron chi connectivity index (χ4n) is 4.38. The molecular weight excluding hydrogens is 412 g/mol. The summed E-state index contributed by atoms with van der Waals surface area (Å²) >= 11 is 1.45. The lowest BCUT2D eigenvalue weighted by atomic mass is 9.82. The molecule has 2 aliphatic carbocycles. The van der Waals surface area contributed by atoms with E-state index in [0.29, 0.717) is 35.0 Å². The Morgan fingerprint density at radius 2 is 1.74 bits per heavy atom. The molecule has 0 fully saturated rings. The van der Waals surface area contributed by atoms with Crippen LogP contribution in [-0.2, 0) is 22.4 Å². The molecule has 2 aliphatic rings. The van der Waals surface area contributed by atoms with Crippen LogP contribution >= 0.6 is 11.3 Å². The zero-order valence-electron chi connectivity index (χ0n) is 17.4. The third kappa shape index (κ3) is 4.56. The van der Waals surface area contributed by atoms with E-state index < -0.39 is 17.8 Å². The normalized spacial score (nSPS) is 22.4. The van der Waals surface area contributed by atoms with Crippen LogP contribution < -0.4 is 10.6 Å². The summed E-state index contributed by atoms with van der Waals surface area (Å²) in [4.78, 5) is 39.0. The van der Waals surface area contributed by atoms with Crippen LogP contribution in [0.2, 0.25) is 0 Å². The topological polar surface area (TPSA) is 95.5 Å². The number of benzene rings is 1. The van der Waals surface area contributed by atoms with Gasteiger partial charge in [0, 0.05) is 10.6 Å². The van der Waals surface area contributed by atoms with Crippen molar-refractivity contribution in [2.45, 2.75) is 39.0 Å². The van der Waals surface area contributed by atoms with Gasteiger partial charge in [0.15, 0.2) is 0 Å². The highest BCUT2D eigenvalue weighted by Gasteiger charge is 2.35. The van der Waals surface area contributed by atoms with Crippen molar-refractivity contribution in [3.05, 3.63) is 58.5 Å². The maximum absolute atomic E-state index is 13.2. The van der Waals surface area contributed by atoms with E-state index in [4.69, 9.17) is 0 Å². The maximum Gasteiger partial charge on any atom is 0.307 e. The van der Waals surface area contributed by atoms with Gasteiger partial charge in [-0.3, -0.25) is 14.4 Å². The van der Waals surface area contributed by atoms with E-state index in [1.54, 1.807) is 0 Å². The van der Waals surface area contributed by atoms with Crippen LogP contribution in [0, 0.1) is 17.8 Å². The first-order valence-corrected chi connectivity index (χ1v) is 11.4. The fourth-order valence-corrected chi connectivity index (χ4v) is 5.79. The van der Waals surface area contributed by atoms with Crippen LogP contribution in [0.5, 0.6) is 0 Å². The molecule has 0 saturated carbocycles. The number of allylic oxidation sites excluding steroid dienone is 2. The summed E-state index contributed by atoms with van der Waals surface area (Å²) in [6.07, 6.45) is 7.07. The number of thiophene rings is 1. The number of aliphatic carboxylic acids is 1. The molecule has 7 heteroatoms. The average Bonchev–Trinajstić information content (AvgIpc) is 3.11. The van der Waals surface area contributed by atoms with E-state index in [2.05, 4.69) is 17.6 Å². The van der Waals surface area contributed by atoms with Gasteiger partial charge in [-0.2, -0.15) is 0 Å². The summed E-state index contributed by atoms with van der Waals surface area (Å²) in [6, 6.07) is 9.23. The molecule has 6 nitrogen and oxygen atoms in total. The average molecular weight is 439 g/mol. The number of para-hydroxylation sites is 1. The number of hydrogen-bond donors (Lipinski definition) is 3. The van der Waals surface area contributed by atoms with Gasteiger partial charge in [-0.25, -0.2) is 0 Å². The van der Waals surface area contributed by atoms with Gasteiger partial charge >= 0.3 is 5.97 Å². The Hall–Kier alpha value is -2.93. The van der Waals surface area contributed by atoms with E-state index in [9.17, 15) is 19.5 Å². The second-order valence-corrected chi connectivity index (χ2v) is 9.46. The molecule has 0 bridgehead atoms. The van der Waals surface area contributed by atoms with Crippen molar-refractivity contribution >= 4 is 39.8 Å². The van der Waals surface area contributed by atoms with E-state index >= 15 is 0 Å². The third-order valence-corrected chi connectivity index (χ3v) is 7.26. The Balaban J connectivity index is 1.63. The molecule has 3 atom stereocenters. The van der Waals surface area contributed by atoms with Gasteiger partial charge in [0.2, 0.25) is 5.91 Å². The van der Waals surface area contributed by atoms with Crippen LogP contribution in [0.15, 0.2) is 42.5 Å². The van der Waals surface area contributed by atoms with Crippen LogP contribution in [0.1, 0.15) is 47.0 Å². The van der Waals surface area contributed by atoms with Crippen molar-refractivity contribution in [1.29, 1.82) is 0 Å². The standard InChI is InChI=1S/C24H26N2O4S/c1-14-11-12-18-19(13-14)31-23(20(18)22(28)25-15-7-3-2-4-8-15)26-21(27)16-9-5-6-10-17(16)24(29)30/h2-8,14,16-17H,9-13H2,1H3,(H,25,28)(H,26,27)(H,29,30). The summed E-state index contributed by atoms with van der Waals surface area (Å²) in [5.41, 5.74) is 2.21. The molecule has 162 valence electrons. The van der Waals surface area contributed by atoms with E-state index in [1.165, 1.54) is 11.3 Å². The van der Waals surface area contributed by atoms with E-state index in [0.717, 1.165) is 29.7 Å². The molecule has 0 radical (unpaired) electrons. The van der Waals surface area contributed by atoms with Crippen molar-refractivity contribution in [2.75, 3.05) is 10.6 Å². The molecule has 3 N–H and O–H groups in total. The van der Waals surface area contributed by atoms with Gasteiger partial charge in [0.05, 0.1) is 17.4 Å². The first kappa shape index (κ1) is 21.3. The molecule has 1 heterocycles. The molecule has 0 saturated heterocycles. The molecule has 1 aromatic heterocycles. The second kappa shape index (κ2) is 9.06. The third-order valence-electron chi connectivity index (χ3n) is 6.09. The Morgan fingerprint density at radius 3 is 2.45 bits per heavy atom. The Labute approximate surface area is 185 Å². The number of fused-ring (bicyclic) bond motifs is 1. The summed E-state index contributed by atoms with van der Waals surface area (Å²) < 4.78 is 0. The van der Waals surface area contributed by atoms with E-state index in [1.807, 2.05) is 42.5 Å². The van der Waals surface area contributed by atoms with Crippen LogP contribution in [0.4, 0.5) is 10.7 Å². The predicted octanol–water partition coefficient (Wildman–Crippen LogP) is 4.73. The first-order valence-electron chi connectivity index (χ1n) is 10.6. The summed E-state index contributed by atoms with van der Waals surface area (Å²) in [7, 11) is 0. The van der Waals surface area contributed by atoms with Gasteiger partial charge in [-0.15, -0.1) is 11.3 Å². The van der Waals surface area contributed by atoms with Crippen molar-refractivity contribution in [3.63, 3.8) is 0 Å². The molecule has 1 aromatic carbocycles. The molecule has 0 aliphatic heterocycles. The van der Waals surface area contributed by atoms with Crippen LogP contribution in [0.25, 0.3) is 0 Å². The summed E-state index contributed by atoms with van der Waals surface area (Å²) in [6.45, 7) is 2.19. The van der Waals surface area contributed by atoms with Crippen molar-refractivity contribution in [1.82, 2.24) is 0 Å². The lowest BCUT2D eigenvalue weighted by molar-refractivity contribution is -0.146. The smallest absolute Gasteiger partial charge is 0.307 e. The number of carbonyl (C=O) groups excluding carboxylic acids is 2. The summed E-state index contributed by atoms with van der Waals surface area (Å²) in [5, 5.41) is 15.9. The number of nitrogens with one attached hydrogen (secondary N) is 2. The molecule has 2 aromatic rings. The minimum absolute atomic E-state index is 0.244. The van der Waals surface area contributed by atoms with E-state index in [-0.39, 0.29) is 11.8 Å². The van der Waals surface area contributed by atoms with Gasteiger partial charge in [-0.05, 0) is 55.7 Å². The molecule has 0 spiro atoms. The molecule has 2 amide bonds. The van der Waals surface area contributed by atoms with Crippen LogP contribution in [-0.4, -0.2) is 22.9 Å². The Bertz CT molecular complexity index is 1030. The lowest BCUT2D eigenvalue weighted by Gasteiger charge is -2.24. The summed E-state index contributed by atoms with van der Waals surface area (Å²) in [5.74, 6) is -2.42. The molecule has 31 heavy (non-hydrogen) atoms. The Kier molecular flexibility index (Phi) is 6.23. The SMILES string of the molecule is CC1CCc2c(sc(NC(=O)C3CC=CCC3C(=O)O)c2C(=O)Nc2ccccc2)C1. The minimum Gasteiger partial charge on any atom is -0.481 e. The largest absolute Gasteiger partial charge is 0.481 e. The molecule has 4 rings (SSSR count). The number of rotatable bonds is 5. The molecule has 3 unspecified atom stereocenters. The maximum atomic E-state index is 13.2. The van der Waals surface area contributed by atoms with Gasteiger partial charge < -0.3 is 15.7 Å². The number of amides is 2. The zero-order chi connectivity index (χ0) is 22.0. The second-order valence-electron chi connectivity index (χ2n) is 8.36. The van der Waals surface area contributed by atoms with Crippen LogP contribution in [0.3, 0.4) is 0 Å². The highest BCUT2D eigenvalue weighted by Crippen LogP contribution is 2.40. The quantitative estimate of drug-likeness (QED) is 0.588. The van der Waals surface area contributed by atoms with Crippen molar-refractivity contribution in [2.24, 2.45) is 17.8 Å². The minimum atomic E-state index is -0.967.